The van der Waals surface area contributed by atoms with E-state index in [1.807, 2.05) is 31.2 Å². The van der Waals surface area contributed by atoms with Crippen LogP contribution in [0.15, 0.2) is 53.3 Å². The van der Waals surface area contributed by atoms with Crippen molar-refractivity contribution in [1.82, 2.24) is 9.78 Å². The molecule has 0 aliphatic heterocycles. The quantitative estimate of drug-likeness (QED) is 0.603. The number of carbonyl (C=O) groups excluding carboxylic acids is 2. The van der Waals surface area contributed by atoms with Gasteiger partial charge in [-0.25, -0.2) is 9.48 Å². The number of carbonyl (C=O) groups is 2. The van der Waals surface area contributed by atoms with Gasteiger partial charge in [-0.05, 0) is 36.1 Å². The Morgan fingerprint density at radius 1 is 1.07 bits per heavy atom. The van der Waals surface area contributed by atoms with E-state index >= 15 is 0 Å². The lowest BCUT2D eigenvalue weighted by atomic mass is 10.0. The number of ether oxygens (including phenoxy) is 1. The van der Waals surface area contributed by atoms with Crippen LogP contribution in [0.25, 0.3) is 10.8 Å². The molecule has 0 saturated heterocycles. The molecule has 30 heavy (non-hydrogen) atoms. The zero-order chi connectivity index (χ0) is 21.7. The molecule has 1 amide bonds. The van der Waals surface area contributed by atoms with E-state index in [9.17, 15) is 14.4 Å². The number of aryl methyl sites for hydroxylation is 1. The van der Waals surface area contributed by atoms with Crippen molar-refractivity contribution in [1.29, 1.82) is 0 Å². The first-order valence-corrected chi connectivity index (χ1v) is 9.97. The summed E-state index contributed by atoms with van der Waals surface area (Å²) in [6.07, 6.45) is 0.692. The fraction of sp³-hybridized carbons (Fsp3) is 0.304. The maximum Gasteiger partial charge on any atom is 0.359 e. The third-order valence-electron chi connectivity index (χ3n) is 4.69. The van der Waals surface area contributed by atoms with Gasteiger partial charge in [0.15, 0.2) is 12.3 Å². The van der Waals surface area contributed by atoms with Gasteiger partial charge in [0.1, 0.15) is 0 Å². The van der Waals surface area contributed by atoms with E-state index in [4.69, 9.17) is 4.74 Å². The second-order valence-corrected chi connectivity index (χ2v) is 7.32. The van der Waals surface area contributed by atoms with Gasteiger partial charge in [0.25, 0.3) is 11.5 Å². The van der Waals surface area contributed by atoms with Gasteiger partial charge >= 0.3 is 5.97 Å². The van der Waals surface area contributed by atoms with Gasteiger partial charge in [0.2, 0.25) is 0 Å². The average molecular weight is 407 g/mol. The van der Waals surface area contributed by atoms with Gasteiger partial charge in [0.05, 0.1) is 5.39 Å². The molecule has 0 aliphatic carbocycles. The Kier molecular flexibility index (Phi) is 6.61. The molecule has 3 rings (SSSR count). The molecule has 1 aromatic heterocycles. The highest BCUT2D eigenvalue weighted by Gasteiger charge is 2.19. The van der Waals surface area contributed by atoms with Crippen molar-refractivity contribution in [2.45, 2.75) is 39.7 Å². The number of benzene rings is 2. The van der Waals surface area contributed by atoms with E-state index < -0.39 is 18.5 Å². The van der Waals surface area contributed by atoms with Gasteiger partial charge < -0.3 is 10.1 Å². The zero-order valence-corrected chi connectivity index (χ0v) is 17.3. The van der Waals surface area contributed by atoms with Crippen molar-refractivity contribution in [2.24, 2.45) is 0 Å². The highest BCUT2D eigenvalue weighted by Crippen LogP contribution is 2.17. The molecular weight excluding hydrogens is 382 g/mol. The molecule has 0 spiro atoms. The second-order valence-electron chi connectivity index (χ2n) is 7.32. The molecule has 0 fully saturated rings. The lowest BCUT2D eigenvalue weighted by Gasteiger charge is -2.11. The molecule has 2 aromatic carbocycles. The molecule has 7 nitrogen and oxygen atoms in total. The summed E-state index contributed by atoms with van der Waals surface area (Å²) in [6.45, 7) is 6.03. The van der Waals surface area contributed by atoms with Crippen LogP contribution in [-0.2, 0) is 16.1 Å². The van der Waals surface area contributed by atoms with Crippen molar-refractivity contribution < 1.29 is 14.3 Å². The number of hydrogen-bond acceptors (Lipinski definition) is 5. The minimum Gasteiger partial charge on any atom is -0.451 e. The third kappa shape index (κ3) is 4.74. The van der Waals surface area contributed by atoms with Crippen LogP contribution >= 0.6 is 0 Å². The van der Waals surface area contributed by atoms with E-state index in [1.165, 1.54) is 10.2 Å². The first kappa shape index (κ1) is 21.2. The number of rotatable bonds is 7. The highest BCUT2D eigenvalue weighted by atomic mass is 16.5. The smallest absolute Gasteiger partial charge is 0.359 e. The molecule has 1 heterocycles. The number of hydrogen-bond donors (Lipinski definition) is 1. The van der Waals surface area contributed by atoms with Gasteiger partial charge in [-0.1, -0.05) is 51.1 Å². The Hall–Kier alpha value is -3.48. The normalized spacial score (nSPS) is 10.9. The lowest BCUT2D eigenvalue weighted by Crippen LogP contribution is -2.27. The monoisotopic (exact) mass is 407 g/mol. The second kappa shape index (κ2) is 9.35. The summed E-state index contributed by atoms with van der Waals surface area (Å²) in [4.78, 5) is 37.3. The molecule has 0 aliphatic rings. The van der Waals surface area contributed by atoms with Crippen LogP contribution in [0, 0.1) is 0 Å². The summed E-state index contributed by atoms with van der Waals surface area (Å²) in [6, 6.07) is 14.3. The van der Waals surface area contributed by atoms with Crippen LogP contribution in [0.5, 0.6) is 0 Å². The van der Waals surface area contributed by atoms with E-state index in [-0.39, 0.29) is 11.3 Å². The summed E-state index contributed by atoms with van der Waals surface area (Å²) < 4.78 is 6.44. The Bertz CT molecular complexity index is 1120. The van der Waals surface area contributed by atoms with Crippen LogP contribution in [0.2, 0.25) is 0 Å². The van der Waals surface area contributed by atoms with Crippen molar-refractivity contribution in [3.8, 4) is 0 Å². The number of aromatic nitrogens is 2. The average Bonchev–Trinajstić information content (AvgIpc) is 2.74. The first-order chi connectivity index (χ1) is 14.4. The van der Waals surface area contributed by atoms with Crippen LogP contribution < -0.4 is 10.9 Å². The fourth-order valence-electron chi connectivity index (χ4n) is 3.10. The molecule has 7 heteroatoms. The van der Waals surface area contributed by atoms with E-state index in [0.29, 0.717) is 35.3 Å². The summed E-state index contributed by atoms with van der Waals surface area (Å²) in [5.74, 6) is -0.804. The lowest BCUT2D eigenvalue weighted by molar-refractivity contribution is -0.119. The van der Waals surface area contributed by atoms with Gasteiger partial charge in [-0.15, -0.1) is 0 Å². The standard InChI is InChI=1S/C23H25N3O4/c1-4-13-26-22(28)19-8-6-5-7-18(19)21(25-26)23(29)30-14-20(27)24-17-11-9-16(10-12-17)15(2)3/h5-12,15H,4,13-14H2,1-3H3,(H,24,27). The summed E-state index contributed by atoms with van der Waals surface area (Å²) in [5.41, 5.74) is 1.56. The van der Waals surface area contributed by atoms with Gasteiger partial charge in [-0.2, -0.15) is 5.10 Å². The summed E-state index contributed by atoms with van der Waals surface area (Å²) in [5, 5.41) is 7.68. The zero-order valence-electron chi connectivity index (χ0n) is 17.3. The molecule has 0 atom stereocenters. The van der Waals surface area contributed by atoms with Gasteiger partial charge in [0, 0.05) is 17.6 Å². The van der Waals surface area contributed by atoms with Crippen molar-refractivity contribution in [2.75, 3.05) is 11.9 Å². The maximum absolute atomic E-state index is 12.6. The van der Waals surface area contributed by atoms with Gasteiger partial charge in [-0.3, -0.25) is 9.59 Å². The Labute approximate surface area is 174 Å². The number of esters is 1. The number of anilines is 1. The molecule has 0 saturated carbocycles. The highest BCUT2D eigenvalue weighted by molar-refractivity contribution is 6.03. The predicted molar refractivity (Wildman–Crippen MR) is 116 cm³/mol. The SMILES string of the molecule is CCCn1nc(C(=O)OCC(=O)Nc2ccc(C(C)C)cc2)c2ccccc2c1=O. The summed E-state index contributed by atoms with van der Waals surface area (Å²) >= 11 is 0. The van der Waals surface area contributed by atoms with Crippen molar-refractivity contribution in [3.05, 3.63) is 70.1 Å². The molecule has 3 aromatic rings. The summed E-state index contributed by atoms with van der Waals surface area (Å²) in [7, 11) is 0. The van der Waals surface area contributed by atoms with Crippen LogP contribution in [0.4, 0.5) is 5.69 Å². The third-order valence-corrected chi connectivity index (χ3v) is 4.69. The van der Waals surface area contributed by atoms with E-state index in [0.717, 1.165) is 0 Å². The van der Waals surface area contributed by atoms with E-state index in [1.54, 1.807) is 24.3 Å². The number of nitrogens with zero attached hydrogens (tertiary/aromatic N) is 2. The molecule has 0 radical (unpaired) electrons. The first-order valence-electron chi connectivity index (χ1n) is 9.97. The number of amides is 1. The largest absolute Gasteiger partial charge is 0.451 e. The topological polar surface area (TPSA) is 90.3 Å². The minimum absolute atomic E-state index is 0.0211. The van der Waals surface area contributed by atoms with Crippen LogP contribution in [0.1, 0.15) is 49.2 Å². The Morgan fingerprint density at radius 2 is 1.73 bits per heavy atom. The van der Waals surface area contributed by atoms with Crippen LogP contribution in [0.3, 0.4) is 0 Å². The molecule has 1 N–H and O–H groups in total. The number of nitrogens with one attached hydrogen (secondary N) is 1. The molecule has 0 unspecified atom stereocenters. The predicted octanol–water partition coefficient (Wildman–Crippen LogP) is 3.73. The minimum atomic E-state index is -0.749. The molecule has 0 bridgehead atoms. The molecular formula is C23H25N3O4. The maximum atomic E-state index is 12.6. The number of fused-ring (bicyclic) bond motifs is 1. The van der Waals surface area contributed by atoms with Crippen molar-refractivity contribution >= 4 is 28.3 Å². The van der Waals surface area contributed by atoms with E-state index in [2.05, 4.69) is 24.3 Å². The molecule has 156 valence electrons. The Balaban J connectivity index is 1.73. The fourth-order valence-corrected chi connectivity index (χ4v) is 3.10. The van der Waals surface area contributed by atoms with Crippen molar-refractivity contribution in [3.63, 3.8) is 0 Å². The van der Waals surface area contributed by atoms with Crippen LogP contribution in [-0.4, -0.2) is 28.3 Å². The Morgan fingerprint density at radius 3 is 2.37 bits per heavy atom.